The van der Waals surface area contributed by atoms with Gasteiger partial charge in [0.2, 0.25) is 0 Å². The third kappa shape index (κ3) is 2.21. The van der Waals surface area contributed by atoms with Crippen molar-refractivity contribution in [3.63, 3.8) is 0 Å². The SMILES string of the molecule is Cc1cnc(C(=O)N2CCCCC2C)cn1. The second kappa shape index (κ2) is 4.60. The molecule has 2 rings (SSSR count). The number of rotatable bonds is 1. The highest BCUT2D eigenvalue weighted by atomic mass is 16.2. The second-order valence-electron chi connectivity index (χ2n) is 4.39. The van der Waals surface area contributed by atoms with Crippen molar-refractivity contribution in [2.24, 2.45) is 0 Å². The van der Waals surface area contributed by atoms with Gasteiger partial charge in [-0.1, -0.05) is 0 Å². The number of likely N-dealkylation sites (tertiary alicyclic amines) is 1. The summed E-state index contributed by atoms with van der Waals surface area (Å²) in [4.78, 5) is 22.3. The van der Waals surface area contributed by atoms with Crippen LogP contribution >= 0.6 is 0 Å². The minimum absolute atomic E-state index is 0.0136. The van der Waals surface area contributed by atoms with Crippen LogP contribution in [0, 0.1) is 6.92 Å². The maximum Gasteiger partial charge on any atom is 0.274 e. The summed E-state index contributed by atoms with van der Waals surface area (Å²) in [5.41, 5.74) is 1.29. The monoisotopic (exact) mass is 219 g/mol. The molecule has 1 amide bonds. The number of amides is 1. The van der Waals surface area contributed by atoms with E-state index in [9.17, 15) is 4.79 Å². The number of nitrogens with zero attached hydrogens (tertiary/aromatic N) is 3. The molecule has 1 saturated heterocycles. The Labute approximate surface area is 95.7 Å². The topological polar surface area (TPSA) is 46.1 Å². The predicted molar refractivity (Wildman–Crippen MR) is 61.1 cm³/mol. The Hall–Kier alpha value is -1.45. The fourth-order valence-corrected chi connectivity index (χ4v) is 2.05. The molecular weight excluding hydrogens is 202 g/mol. The smallest absolute Gasteiger partial charge is 0.274 e. The first-order chi connectivity index (χ1) is 7.68. The Balaban J connectivity index is 2.14. The highest BCUT2D eigenvalue weighted by molar-refractivity contribution is 5.92. The van der Waals surface area contributed by atoms with Gasteiger partial charge in [0.05, 0.1) is 11.9 Å². The Kier molecular flexibility index (Phi) is 3.17. The van der Waals surface area contributed by atoms with Crippen LogP contribution in [0.5, 0.6) is 0 Å². The molecule has 0 saturated carbocycles. The molecule has 1 unspecified atom stereocenters. The van der Waals surface area contributed by atoms with Crippen molar-refractivity contribution in [3.05, 3.63) is 23.8 Å². The van der Waals surface area contributed by atoms with Crippen LogP contribution in [0.4, 0.5) is 0 Å². The Morgan fingerprint density at radius 1 is 1.38 bits per heavy atom. The number of aromatic nitrogens is 2. The zero-order valence-corrected chi connectivity index (χ0v) is 9.81. The second-order valence-corrected chi connectivity index (χ2v) is 4.39. The maximum atomic E-state index is 12.1. The van der Waals surface area contributed by atoms with Gasteiger partial charge in [0.15, 0.2) is 0 Å². The Bertz CT molecular complexity index is 374. The first kappa shape index (κ1) is 11.0. The standard InChI is InChI=1S/C12H17N3O/c1-9-7-14-11(8-13-9)12(16)15-6-4-3-5-10(15)2/h7-8,10H,3-6H2,1-2H3. The molecule has 0 aromatic carbocycles. The lowest BCUT2D eigenvalue weighted by atomic mass is 10.0. The van der Waals surface area contributed by atoms with Crippen LogP contribution in [0.1, 0.15) is 42.4 Å². The van der Waals surface area contributed by atoms with Gasteiger partial charge in [-0.15, -0.1) is 0 Å². The van der Waals surface area contributed by atoms with Crippen LogP contribution in [0.2, 0.25) is 0 Å². The third-order valence-electron chi connectivity index (χ3n) is 3.06. The first-order valence-electron chi connectivity index (χ1n) is 5.78. The van der Waals surface area contributed by atoms with Crippen molar-refractivity contribution in [3.8, 4) is 0 Å². The van der Waals surface area contributed by atoms with E-state index in [4.69, 9.17) is 0 Å². The molecule has 4 heteroatoms. The molecule has 1 aliphatic heterocycles. The Morgan fingerprint density at radius 2 is 2.19 bits per heavy atom. The molecular formula is C12H17N3O. The minimum Gasteiger partial charge on any atom is -0.335 e. The molecule has 1 atom stereocenters. The Morgan fingerprint density at radius 3 is 2.81 bits per heavy atom. The summed E-state index contributed by atoms with van der Waals surface area (Å²) < 4.78 is 0. The van der Waals surface area contributed by atoms with Crippen molar-refractivity contribution in [2.75, 3.05) is 6.54 Å². The molecule has 1 aliphatic rings. The van der Waals surface area contributed by atoms with Gasteiger partial charge in [0.25, 0.3) is 5.91 Å². The van der Waals surface area contributed by atoms with Gasteiger partial charge in [-0.25, -0.2) is 4.98 Å². The molecule has 1 fully saturated rings. The van der Waals surface area contributed by atoms with Gasteiger partial charge in [0.1, 0.15) is 5.69 Å². The number of hydrogen-bond donors (Lipinski definition) is 0. The largest absolute Gasteiger partial charge is 0.335 e. The van der Waals surface area contributed by atoms with Crippen molar-refractivity contribution >= 4 is 5.91 Å². The van der Waals surface area contributed by atoms with Crippen LogP contribution in [-0.4, -0.2) is 33.4 Å². The van der Waals surface area contributed by atoms with Crippen LogP contribution in [0.15, 0.2) is 12.4 Å². The van der Waals surface area contributed by atoms with E-state index in [2.05, 4.69) is 16.9 Å². The molecule has 0 spiro atoms. The maximum absolute atomic E-state index is 12.1. The highest BCUT2D eigenvalue weighted by Gasteiger charge is 2.24. The zero-order valence-electron chi connectivity index (χ0n) is 9.81. The summed E-state index contributed by atoms with van der Waals surface area (Å²) >= 11 is 0. The summed E-state index contributed by atoms with van der Waals surface area (Å²) in [5.74, 6) is 0.0136. The number of carbonyl (C=O) groups is 1. The van der Waals surface area contributed by atoms with Gasteiger partial charge < -0.3 is 4.90 Å². The molecule has 4 nitrogen and oxygen atoms in total. The normalized spacial score (nSPS) is 20.9. The molecule has 0 bridgehead atoms. The van der Waals surface area contributed by atoms with Gasteiger partial charge in [-0.2, -0.15) is 0 Å². The van der Waals surface area contributed by atoms with Gasteiger partial charge in [-0.3, -0.25) is 9.78 Å². The molecule has 2 heterocycles. The number of aryl methyl sites for hydroxylation is 1. The molecule has 1 aromatic rings. The van der Waals surface area contributed by atoms with E-state index in [0.717, 1.165) is 25.1 Å². The molecule has 0 N–H and O–H groups in total. The van der Waals surface area contributed by atoms with E-state index >= 15 is 0 Å². The van der Waals surface area contributed by atoms with Crippen molar-refractivity contribution in [2.45, 2.75) is 39.2 Å². The average molecular weight is 219 g/mol. The van der Waals surface area contributed by atoms with Crippen LogP contribution in [0.3, 0.4) is 0 Å². The fraction of sp³-hybridized carbons (Fsp3) is 0.583. The van der Waals surface area contributed by atoms with E-state index in [-0.39, 0.29) is 5.91 Å². The number of hydrogen-bond acceptors (Lipinski definition) is 3. The van der Waals surface area contributed by atoms with E-state index in [1.165, 1.54) is 6.42 Å². The van der Waals surface area contributed by atoms with Gasteiger partial charge >= 0.3 is 0 Å². The summed E-state index contributed by atoms with van der Waals surface area (Å²) in [6.45, 7) is 4.80. The summed E-state index contributed by atoms with van der Waals surface area (Å²) in [6.07, 6.45) is 6.60. The highest BCUT2D eigenvalue weighted by Crippen LogP contribution is 2.18. The predicted octanol–water partition coefficient (Wildman–Crippen LogP) is 1.80. The zero-order chi connectivity index (χ0) is 11.5. The van der Waals surface area contributed by atoms with E-state index in [0.29, 0.717) is 11.7 Å². The van der Waals surface area contributed by atoms with Crippen molar-refractivity contribution in [1.82, 2.24) is 14.9 Å². The van der Waals surface area contributed by atoms with E-state index < -0.39 is 0 Å². The molecule has 0 aliphatic carbocycles. The minimum atomic E-state index is 0.0136. The van der Waals surface area contributed by atoms with Crippen molar-refractivity contribution in [1.29, 1.82) is 0 Å². The number of piperidine rings is 1. The summed E-state index contributed by atoms with van der Waals surface area (Å²) in [6, 6.07) is 0.323. The third-order valence-corrected chi connectivity index (χ3v) is 3.06. The molecule has 1 aromatic heterocycles. The van der Waals surface area contributed by atoms with Crippen LogP contribution in [0.25, 0.3) is 0 Å². The lowest BCUT2D eigenvalue weighted by molar-refractivity contribution is 0.0629. The average Bonchev–Trinajstić information content (AvgIpc) is 2.30. The lowest BCUT2D eigenvalue weighted by Gasteiger charge is -2.33. The van der Waals surface area contributed by atoms with Crippen LogP contribution < -0.4 is 0 Å². The molecule has 16 heavy (non-hydrogen) atoms. The summed E-state index contributed by atoms with van der Waals surface area (Å²) in [7, 11) is 0. The van der Waals surface area contributed by atoms with Gasteiger partial charge in [-0.05, 0) is 33.1 Å². The number of carbonyl (C=O) groups excluding carboxylic acids is 1. The fourth-order valence-electron chi connectivity index (χ4n) is 2.05. The molecule has 0 radical (unpaired) electrons. The molecule has 86 valence electrons. The van der Waals surface area contributed by atoms with Gasteiger partial charge in [0, 0.05) is 18.8 Å². The van der Waals surface area contributed by atoms with Crippen molar-refractivity contribution < 1.29 is 4.79 Å². The first-order valence-corrected chi connectivity index (χ1v) is 5.78. The quantitative estimate of drug-likeness (QED) is 0.723. The van der Waals surface area contributed by atoms with E-state index in [1.807, 2.05) is 11.8 Å². The van der Waals surface area contributed by atoms with E-state index in [1.54, 1.807) is 12.4 Å². The lowest BCUT2D eigenvalue weighted by Crippen LogP contribution is -2.42. The van der Waals surface area contributed by atoms with Crippen LogP contribution in [-0.2, 0) is 0 Å². The summed E-state index contributed by atoms with van der Waals surface area (Å²) in [5, 5.41) is 0.